The van der Waals surface area contributed by atoms with Crippen LogP contribution in [0.15, 0.2) is 12.2 Å². The summed E-state index contributed by atoms with van der Waals surface area (Å²) < 4.78 is 0. The van der Waals surface area contributed by atoms with Crippen molar-refractivity contribution in [1.82, 2.24) is 0 Å². The number of hydrogen-bond acceptors (Lipinski definition) is 0. The van der Waals surface area contributed by atoms with Crippen molar-refractivity contribution in [2.45, 2.75) is 19.7 Å². The predicted molar refractivity (Wildman–Crippen MR) is 30.0 cm³/mol. The lowest BCUT2D eigenvalue weighted by Gasteiger charge is -1.76. The maximum atomic E-state index is 5.16. The van der Waals surface area contributed by atoms with Crippen molar-refractivity contribution in [3.63, 3.8) is 0 Å². The average Bonchev–Trinajstić information content (AvgIpc) is 1.61. The van der Waals surface area contributed by atoms with Crippen molar-refractivity contribution in [2.75, 3.05) is 0 Å². The van der Waals surface area contributed by atoms with Crippen molar-refractivity contribution in [2.24, 2.45) is 0 Å². The van der Waals surface area contributed by atoms with Gasteiger partial charge in [-0.2, -0.15) is 0 Å². The van der Waals surface area contributed by atoms with Crippen molar-refractivity contribution in [3.8, 4) is 0 Å². The molecule has 1 heteroatoms. The molecular weight excluding hydrogens is 70.9 g/mol. The number of hydrogen-bond donors (Lipinski definition) is 0. The van der Waals surface area contributed by atoms with E-state index in [-0.39, 0.29) is 0 Å². The Labute approximate surface area is 40.7 Å². The SMILES string of the molecule is [B]CC/C=C\C. The van der Waals surface area contributed by atoms with Gasteiger partial charge in [-0.3, -0.25) is 0 Å². The minimum absolute atomic E-state index is 0.768. The van der Waals surface area contributed by atoms with Crippen molar-refractivity contribution in [1.29, 1.82) is 0 Å². The van der Waals surface area contributed by atoms with Gasteiger partial charge in [0.2, 0.25) is 0 Å². The lowest BCUT2D eigenvalue weighted by atomic mass is 10.0. The smallest absolute Gasteiger partial charge is 0.0657 e. The van der Waals surface area contributed by atoms with Gasteiger partial charge >= 0.3 is 0 Å². The summed E-state index contributed by atoms with van der Waals surface area (Å²) in [6.07, 6.45) is 5.84. The molecule has 0 nitrogen and oxygen atoms in total. The van der Waals surface area contributed by atoms with Crippen LogP contribution in [0, 0.1) is 0 Å². The molecule has 32 valence electrons. The monoisotopic (exact) mass is 80.1 g/mol. The summed E-state index contributed by atoms with van der Waals surface area (Å²) in [7, 11) is 5.16. The molecule has 0 spiro atoms. The zero-order valence-corrected chi connectivity index (χ0v) is 4.15. The Hall–Kier alpha value is -0.195. The van der Waals surface area contributed by atoms with Crippen LogP contribution >= 0.6 is 0 Å². The molecule has 6 heavy (non-hydrogen) atoms. The second-order valence-electron chi connectivity index (χ2n) is 1.15. The Morgan fingerprint density at radius 3 is 2.50 bits per heavy atom. The van der Waals surface area contributed by atoms with Gasteiger partial charge in [-0.25, -0.2) is 0 Å². The molecule has 2 radical (unpaired) electrons. The van der Waals surface area contributed by atoms with Crippen LogP contribution in [0.4, 0.5) is 0 Å². The van der Waals surface area contributed by atoms with Gasteiger partial charge in [0.15, 0.2) is 0 Å². The molecule has 0 fully saturated rings. The van der Waals surface area contributed by atoms with E-state index < -0.39 is 0 Å². The molecule has 0 unspecified atom stereocenters. The lowest BCUT2D eigenvalue weighted by molar-refractivity contribution is 1.21. The highest BCUT2D eigenvalue weighted by Crippen LogP contribution is 1.83. The van der Waals surface area contributed by atoms with Crippen LogP contribution in [0.1, 0.15) is 13.3 Å². The summed E-state index contributed by atoms with van der Waals surface area (Å²) in [5, 5.41) is 0. The summed E-state index contributed by atoms with van der Waals surface area (Å²) in [6.45, 7) is 2.00. The van der Waals surface area contributed by atoms with E-state index >= 15 is 0 Å². The third kappa shape index (κ3) is 3.80. The summed E-state index contributed by atoms with van der Waals surface area (Å²) in [5.41, 5.74) is 0. The Balaban J connectivity index is 2.66. The van der Waals surface area contributed by atoms with Crippen LogP contribution in [0.2, 0.25) is 6.32 Å². The lowest BCUT2D eigenvalue weighted by Crippen LogP contribution is -1.60. The predicted octanol–water partition coefficient (Wildman–Crippen LogP) is 1.54. The maximum absolute atomic E-state index is 5.16. The molecule has 0 saturated carbocycles. The van der Waals surface area contributed by atoms with Gasteiger partial charge < -0.3 is 0 Å². The second-order valence-corrected chi connectivity index (χ2v) is 1.15. The topological polar surface area (TPSA) is 0 Å². The van der Waals surface area contributed by atoms with Gasteiger partial charge in [-0.15, -0.1) is 0 Å². The summed E-state index contributed by atoms with van der Waals surface area (Å²) >= 11 is 0. The molecule has 0 heterocycles. The van der Waals surface area contributed by atoms with Crippen LogP contribution in [-0.2, 0) is 0 Å². The fourth-order valence-electron chi connectivity index (χ4n) is 0.263. The first-order valence-electron chi connectivity index (χ1n) is 2.23. The third-order valence-electron chi connectivity index (χ3n) is 0.569. The van der Waals surface area contributed by atoms with Crippen molar-refractivity contribution < 1.29 is 0 Å². The van der Waals surface area contributed by atoms with E-state index in [1.807, 2.05) is 13.0 Å². The van der Waals surface area contributed by atoms with Crippen LogP contribution in [-0.4, -0.2) is 7.85 Å². The van der Waals surface area contributed by atoms with Gasteiger partial charge in [0, 0.05) is 0 Å². The molecular formula is C5H9B. The maximum Gasteiger partial charge on any atom is 0.0657 e. The Morgan fingerprint density at radius 1 is 1.67 bits per heavy atom. The summed E-state index contributed by atoms with van der Waals surface area (Å²) in [4.78, 5) is 0. The van der Waals surface area contributed by atoms with Gasteiger partial charge in [-0.05, 0) is 13.3 Å². The molecule has 0 aliphatic rings. The highest BCUT2D eigenvalue weighted by atomic mass is 13.7. The summed E-state index contributed by atoms with van der Waals surface area (Å²) in [5.74, 6) is 0. The standard InChI is InChI=1S/C5H9B/c1-2-3-4-5-6/h2-3H,4-5H2,1H3/b3-2-. The molecule has 0 aromatic carbocycles. The van der Waals surface area contributed by atoms with Crippen molar-refractivity contribution in [3.05, 3.63) is 12.2 Å². The van der Waals surface area contributed by atoms with E-state index in [4.69, 9.17) is 7.85 Å². The first-order valence-corrected chi connectivity index (χ1v) is 2.23. The Morgan fingerprint density at radius 2 is 2.33 bits per heavy atom. The van der Waals surface area contributed by atoms with E-state index in [0.717, 1.165) is 12.7 Å². The fraction of sp³-hybridized carbons (Fsp3) is 0.600. The van der Waals surface area contributed by atoms with E-state index in [9.17, 15) is 0 Å². The van der Waals surface area contributed by atoms with Crippen LogP contribution < -0.4 is 0 Å². The molecule has 0 aliphatic heterocycles. The summed E-state index contributed by atoms with van der Waals surface area (Å²) in [6, 6.07) is 0. The highest BCUT2D eigenvalue weighted by molar-refractivity contribution is 6.08. The number of allylic oxidation sites excluding steroid dienone is 2. The first-order chi connectivity index (χ1) is 2.91. The Bertz CT molecular complexity index is 39.2. The van der Waals surface area contributed by atoms with Crippen LogP contribution in [0.5, 0.6) is 0 Å². The minimum Gasteiger partial charge on any atom is -0.0917 e. The Kier molecular flexibility index (Phi) is 4.65. The largest absolute Gasteiger partial charge is 0.0917 e. The van der Waals surface area contributed by atoms with E-state index in [1.165, 1.54) is 0 Å². The third-order valence-corrected chi connectivity index (χ3v) is 0.569. The minimum atomic E-state index is 0.768. The van der Waals surface area contributed by atoms with Gasteiger partial charge in [-0.1, -0.05) is 18.5 Å². The van der Waals surface area contributed by atoms with Gasteiger partial charge in [0.05, 0.1) is 7.85 Å². The zero-order valence-electron chi connectivity index (χ0n) is 4.15. The molecule has 0 amide bonds. The quantitative estimate of drug-likeness (QED) is 0.348. The molecule has 0 N–H and O–H groups in total. The zero-order chi connectivity index (χ0) is 4.83. The van der Waals surface area contributed by atoms with Gasteiger partial charge in [0.1, 0.15) is 0 Å². The van der Waals surface area contributed by atoms with E-state index in [2.05, 4.69) is 6.08 Å². The normalized spacial score (nSPS) is 10.2. The van der Waals surface area contributed by atoms with E-state index in [0.29, 0.717) is 0 Å². The van der Waals surface area contributed by atoms with Crippen molar-refractivity contribution >= 4 is 7.85 Å². The first kappa shape index (κ1) is 5.80. The molecule has 0 rings (SSSR count). The molecule has 0 saturated heterocycles. The molecule has 0 aliphatic carbocycles. The van der Waals surface area contributed by atoms with Crippen LogP contribution in [0.25, 0.3) is 0 Å². The van der Waals surface area contributed by atoms with E-state index in [1.54, 1.807) is 0 Å². The fourth-order valence-corrected chi connectivity index (χ4v) is 0.263. The van der Waals surface area contributed by atoms with Crippen LogP contribution in [0.3, 0.4) is 0 Å². The highest BCUT2D eigenvalue weighted by Gasteiger charge is 1.65. The molecule has 0 aromatic rings. The second kappa shape index (κ2) is 4.80. The molecule has 0 atom stereocenters. The molecule has 0 aromatic heterocycles. The average molecular weight is 79.9 g/mol. The van der Waals surface area contributed by atoms with Gasteiger partial charge in [0.25, 0.3) is 0 Å². The molecule has 0 bridgehead atoms. The number of rotatable bonds is 2.